The van der Waals surface area contributed by atoms with Gasteiger partial charge in [0.05, 0.1) is 0 Å². The van der Waals surface area contributed by atoms with Crippen LogP contribution in [0, 0.1) is 11.8 Å². The lowest BCUT2D eigenvalue weighted by Gasteiger charge is -2.10. The molecule has 3 nitrogen and oxygen atoms in total. The molecule has 0 radical (unpaired) electrons. The van der Waals surface area contributed by atoms with Crippen LogP contribution in [0.2, 0.25) is 0 Å². The fourth-order valence-electron chi connectivity index (χ4n) is 1.43. The smallest absolute Gasteiger partial charge is 0.221 e. The van der Waals surface area contributed by atoms with E-state index in [0.717, 1.165) is 19.0 Å². The summed E-state index contributed by atoms with van der Waals surface area (Å²) in [6, 6.07) is 0. The van der Waals surface area contributed by atoms with E-state index in [9.17, 15) is 4.79 Å². The molecule has 1 amide bonds. The minimum atomic E-state index is 0.168. The van der Waals surface area contributed by atoms with Gasteiger partial charge in [0.1, 0.15) is 0 Å². The maximum atomic E-state index is 11.2. The average molecular weight is 184 g/mol. The number of carbonyl (C=O) groups is 1. The predicted octanol–water partition coefficient (Wildman–Crippen LogP) is 0.758. The van der Waals surface area contributed by atoms with E-state index in [1.165, 1.54) is 12.8 Å². The van der Waals surface area contributed by atoms with E-state index in [4.69, 9.17) is 0 Å². The first-order valence-electron chi connectivity index (χ1n) is 5.15. The Morgan fingerprint density at radius 2 is 2.23 bits per heavy atom. The fourth-order valence-corrected chi connectivity index (χ4v) is 1.43. The van der Waals surface area contributed by atoms with Crippen molar-refractivity contribution < 1.29 is 4.79 Å². The molecule has 1 fully saturated rings. The van der Waals surface area contributed by atoms with Crippen molar-refractivity contribution in [3.63, 3.8) is 0 Å². The van der Waals surface area contributed by atoms with E-state index in [2.05, 4.69) is 17.6 Å². The monoisotopic (exact) mass is 184 g/mol. The summed E-state index contributed by atoms with van der Waals surface area (Å²) in [6.45, 7) is 3.84. The molecular weight excluding hydrogens is 164 g/mol. The Balaban J connectivity index is 2.00. The standard InChI is InChI=1S/C10H20N2O/c1-8(9-3-4-9)7-12-10(13)5-6-11-2/h8-9,11H,3-7H2,1-2H3,(H,12,13). The average Bonchev–Trinajstić information content (AvgIpc) is 2.93. The van der Waals surface area contributed by atoms with Crippen LogP contribution in [0.3, 0.4) is 0 Å². The van der Waals surface area contributed by atoms with Crippen molar-refractivity contribution in [1.29, 1.82) is 0 Å². The third kappa shape index (κ3) is 4.27. The molecule has 1 rings (SSSR count). The number of rotatable bonds is 6. The van der Waals surface area contributed by atoms with Gasteiger partial charge in [0, 0.05) is 19.5 Å². The van der Waals surface area contributed by atoms with Gasteiger partial charge in [0.15, 0.2) is 0 Å². The summed E-state index contributed by atoms with van der Waals surface area (Å²) in [7, 11) is 1.86. The molecule has 0 aromatic carbocycles. The molecule has 1 unspecified atom stereocenters. The van der Waals surface area contributed by atoms with Gasteiger partial charge in [0.25, 0.3) is 0 Å². The maximum absolute atomic E-state index is 11.2. The summed E-state index contributed by atoms with van der Waals surface area (Å²) in [5.74, 6) is 1.71. The van der Waals surface area contributed by atoms with Gasteiger partial charge in [-0.3, -0.25) is 4.79 Å². The normalized spacial score (nSPS) is 18.3. The second-order valence-electron chi connectivity index (χ2n) is 3.97. The number of nitrogens with one attached hydrogen (secondary N) is 2. The highest BCUT2D eigenvalue weighted by molar-refractivity contribution is 5.76. The van der Waals surface area contributed by atoms with Crippen LogP contribution in [-0.4, -0.2) is 26.0 Å². The first-order chi connectivity index (χ1) is 6.24. The van der Waals surface area contributed by atoms with Crippen LogP contribution >= 0.6 is 0 Å². The number of hydrogen-bond donors (Lipinski definition) is 2. The quantitative estimate of drug-likeness (QED) is 0.640. The molecule has 76 valence electrons. The lowest BCUT2D eigenvalue weighted by molar-refractivity contribution is -0.121. The first kappa shape index (κ1) is 10.5. The molecule has 0 heterocycles. The molecule has 0 aromatic heterocycles. The molecular formula is C10H20N2O. The highest BCUT2D eigenvalue weighted by Crippen LogP contribution is 2.35. The van der Waals surface area contributed by atoms with Crippen LogP contribution in [0.15, 0.2) is 0 Å². The minimum absolute atomic E-state index is 0.168. The molecule has 0 saturated heterocycles. The SMILES string of the molecule is CNCCC(=O)NCC(C)C1CC1. The Bertz CT molecular complexity index is 166. The molecule has 1 aliphatic rings. The maximum Gasteiger partial charge on any atom is 0.221 e. The van der Waals surface area contributed by atoms with E-state index in [1.807, 2.05) is 7.05 Å². The van der Waals surface area contributed by atoms with Crippen molar-refractivity contribution >= 4 is 5.91 Å². The molecule has 0 spiro atoms. The van der Waals surface area contributed by atoms with Crippen LogP contribution in [0.25, 0.3) is 0 Å². The fraction of sp³-hybridized carbons (Fsp3) is 0.900. The zero-order valence-electron chi connectivity index (χ0n) is 8.60. The Labute approximate surface area is 80.3 Å². The molecule has 1 aliphatic carbocycles. The van der Waals surface area contributed by atoms with E-state index in [-0.39, 0.29) is 5.91 Å². The van der Waals surface area contributed by atoms with Crippen LogP contribution in [0.1, 0.15) is 26.2 Å². The predicted molar refractivity (Wildman–Crippen MR) is 53.4 cm³/mol. The van der Waals surface area contributed by atoms with E-state index >= 15 is 0 Å². The van der Waals surface area contributed by atoms with E-state index < -0.39 is 0 Å². The third-order valence-electron chi connectivity index (χ3n) is 2.65. The number of amides is 1. The summed E-state index contributed by atoms with van der Waals surface area (Å²) in [5.41, 5.74) is 0. The zero-order valence-corrected chi connectivity index (χ0v) is 8.60. The largest absolute Gasteiger partial charge is 0.356 e. The molecule has 2 N–H and O–H groups in total. The molecule has 1 atom stereocenters. The zero-order chi connectivity index (χ0) is 9.68. The van der Waals surface area contributed by atoms with Gasteiger partial charge in [-0.25, -0.2) is 0 Å². The van der Waals surface area contributed by atoms with Crippen LogP contribution in [0.4, 0.5) is 0 Å². The molecule has 3 heteroatoms. The Morgan fingerprint density at radius 3 is 2.77 bits per heavy atom. The van der Waals surface area contributed by atoms with Crippen molar-refractivity contribution in [2.75, 3.05) is 20.1 Å². The van der Waals surface area contributed by atoms with Gasteiger partial charge in [-0.1, -0.05) is 6.92 Å². The molecule has 0 bridgehead atoms. The van der Waals surface area contributed by atoms with E-state index in [1.54, 1.807) is 0 Å². The van der Waals surface area contributed by atoms with Gasteiger partial charge in [-0.05, 0) is 31.7 Å². The van der Waals surface area contributed by atoms with Crippen molar-refractivity contribution in [1.82, 2.24) is 10.6 Å². The summed E-state index contributed by atoms with van der Waals surface area (Å²) in [6.07, 6.45) is 3.30. The summed E-state index contributed by atoms with van der Waals surface area (Å²) < 4.78 is 0. The third-order valence-corrected chi connectivity index (χ3v) is 2.65. The molecule has 13 heavy (non-hydrogen) atoms. The van der Waals surface area contributed by atoms with Crippen LogP contribution in [-0.2, 0) is 4.79 Å². The van der Waals surface area contributed by atoms with Crippen molar-refractivity contribution in [2.24, 2.45) is 11.8 Å². The summed E-state index contributed by atoms with van der Waals surface area (Å²) in [4.78, 5) is 11.2. The van der Waals surface area contributed by atoms with Crippen molar-refractivity contribution in [3.8, 4) is 0 Å². The van der Waals surface area contributed by atoms with E-state index in [0.29, 0.717) is 12.3 Å². The van der Waals surface area contributed by atoms with Crippen LogP contribution in [0.5, 0.6) is 0 Å². The lowest BCUT2D eigenvalue weighted by Crippen LogP contribution is -2.30. The van der Waals surface area contributed by atoms with Gasteiger partial charge in [-0.15, -0.1) is 0 Å². The van der Waals surface area contributed by atoms with Gasteiger partial charge in [0.2, 0.25) is 5.91 Å². The number of hydrogen-bond acceptors (Lipinski definition) is 2. The highest BCUT2D eigenvalue weighted by Gasteiger charge is 2.27. The molecule has 0 aromatic rings. The van der Waals surface area contributed by atoms with Gasteiger partial charge >= 0.3 is 0 Å². The van der Waals surface area contributed by atoms with Crippen molar-refractivity contribution in [2.45, 2.75) is 26.2 Å². The first-order valence-corrected chi connectivity index (χ1v) is 5.15. The minimum Gasteiger partial charge on any atom is -0.356 e. The number of carbonyl (C=O) groups excluding carboxylic acids is 1. The topological polar surface area (TPSA) is 41.1 Å². The van der Waals surface area contributed by atoms with Crippen LogP contribution < -0.4 is 10.6 Å². The summed E-state index contributed by atoms with van der Waals surface area (Å²) >= 11 is 0. The second-order valence-corrected chi connectivity index (χ2v) is 3.97. The Kier molecular flexibility index (Phi) is 4.22. The molecule has 1 saturated carbocycles. The lowest BCUT2D eigenvalue weighted by atomic mass is 10.1. The Hall–Kier alpha value is -0.570. The van der Waals surface area contributed by atoms with Gasteiger partial charge < -0.3 is 10.6 Å². The van der Waals surface area contributed by atoms with Crippen molar-refractivity contribution in [3.05, 3.63) is 0 Å². The van der Waals surface area contributed by atoms with Gasteiger partial charge in [-0.2, -0.15) is 0 Å². The second kappa shape index (κ2) is 5.22. The summed E-state index contributed by atoms with van der Waals surface area (Å²) in [5, 5.41) is 5.92. The Morgan fingerprint density at radius 1 is 1.54 bits per heavy atom. The molecule has 0 aliphatic heterocycles. The highest BCUT2D eigenvalue weighted by atomic mass is 16.1.